The van der Waals surface area contributed by atoms with Crippen LogP contribution in [-0.4, -0.2) is 9.97 Å². The molecule has 0 unspecified atom stereocenters. The second kappa shape index (κ2) is 4.84. The highest BCUT2D eigenvalue weighted by molar-refractivity contribution is 5.66. The van der Waals surface area contributed by atoms with Crippen LogP contribution in [0.5, 0.6) is 0 Å². The second-order valence-corrected chi connectivity index (χ2v) is 4.23. The molecule has 2 aromatic rings. The van der Waals surface area contributed by atoms with Gasteiger partial charge in [0.25, 0.3) is 0 Å². The van der Waals surface area contributed by atoms with Crippen LogP contribution in [0.25, 0.3) is 0 Å². The molecule has 0 saturated heterocycles. The molecule has 0 spiro atoms. The van der Waals surface area contributed by atoms with Gasteiger partial charge in [-0.1, -0.05) is 0 Å². The molecule has 0 fully saturated rings. The summed E-state index contributed by atoms with van der Waals surface area (Å²) in [5.41, 5.74) is 4.31. The summed E-state index contributed by atoms with van der Waals surface area (Å²) in [6, 6.07) is 6.00. The van der Waals surface area contributed by atoms with E-state index in [0.717, 1.165) is 22.5 Å². The van der Waals surface area contributed by atoms with Crippen LogP contribution < -0.4 is 5.32 Å². The number of aromatic nitrogens is 2. The van der Waals surface area contributed by atoms with Gasteiger partial charge in [-0.3, -0.25) is 4.98 Å². The van der Waals surface area contributed by atoms with Gasteiger partial charge < -0.3 is 5.32 Å². The van der Waals surface area contributed by atoms with E-state index in [1.807, 2.05) is 32.9 Å². The topological polar surface area (TPSA) is 61.6 Å². The van der Waals surface area contributed by atoms with Crippen molar-refractivity contribution >= 4 is 11.5 Å². The molecule has 90 valence electrons. The Labute approximate surface area is 106 Å². The molecule has 0 bridgehead atoms. The first-order valence-corrected chi connectivity index (χ1v) is 5.68. The van der Waals surface area contributed by atoms with Crippen LogP contribution in [0, 0.1) is 32.1 Å². The molecule has 0 radical (unpaired) electrons. The van der Waals surface area contributed by atoms with E-state index in [1.54, 1.807) is 12.4 Å². The highest BCUT2D eigenvalue weighted by atomic mass is 15.0. The smallest absolute Gasteiger partial charge is 0.148 e. The van der Waals surface area contributed by atoms with Crippen LogP contribution in [0.1, 0.15) is 22.4 Å². The minimum absolute atomic E-state index is 0.573. The number of rotatable bonds is 2. The Morgan fingerprint density at radius 1 is 1.22 bits per heavy atom. The van der Waals surface area contributed by atoms with E-state index in [0.29, 0.717) is 11.4 Å². The van der Waals surface area contributed by atoms with Gasteiger partial charge in [0.05, 0.1) is 17.4 Å². The van der Waals surface area contributed by atoms with E-state index in [4.69, 9.17) is 0 Å². The Hall–Kier alpha value is -2.41. The van der Waals surface area contributed by atoms with E-state index >= 15 is 0 Å². The summed E-state index contributed by atoms with van der Waals surface area (Å²) < 4.78 is 0. The Morgan fingerprint density at radius 2 is 2.00 bits per heavy atom. The minimum Gasteiger partial charge on any atom is -0.338 e. The molecule has 4 nitrogen and oxygen atoms in total. The van der Waals surface area contributed by atoms with Crippen molar-refractivity contribution < 1.29 is 0 Å². The average Bonchev–Trinajstić information content (AvgIpc) is 2.31. The van der Waals surface area contributed by atoms with Crippen LogP contribution in [0.15, 0.2) is 24.5 Å². The zero-order chi connectivity index (χ0) is 13.1. The van der Waals surface area contributed by atoms with Crippen molar-refractivity contribution in [2.45, 2.75) is 20.8 Å². The minimum atomic E-state index is 0.573. The maximum Gasteiger partial charge on any atom is 0.148 e. The van der Waals surface area contributed by atoms with Gasteiger partial charge in [0.1, 0.15) is 11.9 Å². The number of nitriles is 1. The third-order valence-electron chi connectivity index (χ3n) is 2.75. The van der Waals surface area contributed by atoms with E-state index < -0.39 is 0 Å². The monoisotopic (exact) mass is 238 g/mol. The number of nitrogens with zero attached hydrogens (tertiary/aromatic N) is 3. The van der Waals surface area contributed by atoms with E-state index in [2.05, 4.69) is 21.4 Å². The molecule has 0 aliphatic heterocycles. The molecular formula is C14H14N4. The number of pyridine rings is 2. The van der Waals surface area contributed by atoms with Crippen molar-refractivity contribution in [3.63, 3.8) is 0 Å². The van der Waals surface area contributed by atoms with Crippen molar-refractivity contribution in [3.05, 3.63) is 46.9 Å². The molecule has 1 N–H and O–H groups in total. The summed E-state index contributed by atoms with van der Waals surface area (Å²) >= 11 is 0. The van der Waals surface area contributed by atoms with Gasteiger partial charge in [-0.05, 0) is 44.0 Å². The molecule has 2 rings (SSSR count). The summed E-state index contributed by atoms with van der Waals surface area (Å²) in [7, 11) is 0. The molecule has 2 aromatic heterocycles. The van der Waals surface area contributed by atoms with Gasteiger partial charge in [-0.25, -0.2) is 4.98 Å². The van der Waals surface area contributed by atoms with Crippen LogP contribution in [0.2, 0.25) is 0 Å². The first-order chi connectivity index (χ1) is 8.61. The quantitative estimate of drug-likeness (QED) is 0.873. The molecule has 0 atom stereocenters. The van der Waals surface area contributed by atoms with E-state index in [-0.39, 0.29) is 0 Å². The summed E-state index contributed by atoms with van der Waals surface area (Å²) in [5.74, 6) is 0.589. The fourth-order valence-electron chi connectivity index (χ4n) is 1.79. The predicted octanol–water partition coefficient (Wildman–Crippen LogP) is 3.02. The Kier molecular flexibility index (Phi) is 3.24. The van der Waals surface area contributed by atoms with Crippen molar-refractivity contribution in [1.29, 1.82) is 5.26 Å². The molecule has 0 saturated carbocycles. The van der Waals surface area contributed by atoms with Crippen LogP contribution in [-0.2, 0) is 0 Å². The molecule has 18 heavy (non-hydrogen) atoms. The van der Waals surface area contributed by atoms with Gasteiger partial charge in [-0.15, -0.1) is 0 Å². The lowest BCUT2D eigenvalue weighted by Gasteiger charge is -2.11. The SMILES string of the molecule is Cc1cc(C)c(C#N)c(Nc2cnccc2C)n1. The fourth-order valence-corrected chi connectivity index (χ4v) is 1.79. The maximum absolute atomic E-state index is 9.19. The third kappa shape index (κ3) is 2.30. The number of anilines is 2. The van der Waals surface area contributed by atoms with Crippen molar-refractivity contribution in [2.75, 3.05) is 5.32 Å². The number of nitrogens with one attached hydrogen (secondary N) is 1. The fraction of sp³-hybridized carbons (Fsp3) is 0.214. The van der Waals surface area contributed by atoms with Gasteiger partial charge >= 0.3 is 0 Å². The second-order valence-electron chi connectivity index (χ2n) is 4.23. The third-order valence-corrected chi connectivity index (χ3v) is 2.75. The van der Waals surface area contributed by atoms with Gasteiger partial charge in [0.15, 0.2) is 0 Å². The molecule has 4 heteroatoms. The molecule has 0 aromatic carbocycles. The van der Waals surface area contributed by atoms with Crippen molar-refractivity contribution in [3.8, 4) is 6.07 Å². The summed E-state index contributed by atoms with van der Waals surface area (Å²) in [6.07, 6.45) is 3.47. The van der Waals surface area contributed by atoms with Crippen LogP contribution in [0.3, 0.4) is 0 Å². The van der Waals surface area contributed by atoms with Gasteiger partial charge in [0, 0.05) is 11.9 Å². The molecule has 0 aliphatic rings. The lowest BCUT2D eigenvalue weighted by atomic mass is 10.1. The normalized spacial score (nSPS) is 9.89. The first kappa shape index (κ1) is 12.1. The van der Waals surface area contributed by atoms with E-state index in [1.165, 1.54) is 0 Å². The molecular weight excluding hydrogens is 224 g/mol. The van der Waals surface area contributed by atoms with Crippen LogP contribution in [0.4, 0.5) is 11.5 Å². The molecule has 2 heterocycles. The number of hydrogen-bond donors (Lipinski definition) is 1. The lowest BCUT2D eigenvalue weighted by Crippen LogP contribution is -2.02. The summed E-state index contributed by atoms with van der Waals surface area (Å²) in [6.45, 7) is 5.81. The number of hydrogen-bond acceptors (Lipinski definition) is 4. The predicted molar refractivity (Wildman–Crippen MR) is 70.7 cm³/mol. The summed E-state index contributed by atoms with van der Waals surface area (Å²) in [4.78, 5) is 8.45. The zero-order valence-electron chi connectivity index (χ0n) is 10.7. The highest BCUT2D eigenvalue weighted by Crippen LogP contribution is 2.23. The standard InChI is InChI=1S/C14H14N4/c1-9-4-5-16-8-13(9)18-14-12(7-15)10(2)6-11(3)17-14/h4-6,8H,1-3H3,(H,17,18). The Bertz CT molecular complexity index is 626. The van der Waals surface area contributed by atoms with E-state index in [9.17, 15) is 5.26 Å². The van der Waals surface area contributed by atoms with Gasteiger partial charge in [0.2, 0.25) is 0 Å². The molecule has 0 aliphatic carbocycles. The Morgan fingerprint density at radius 3 is 2.67 bits per heavy atom. The van der Waals surface area contributed by atoms with Crippen LogP contribution >= 0.6 is 0 Å². The molecule has 0 amide bonds. The number of aryl methyl sites for hydroxylation is 3. The average molecular weight is 238 g/mol. The lowest BCUT2D eigenvalue weighted by molar-refractivity contribution is 1.15. The largest absolute Gasteiger partial charge is 0.338 e. The Balaban J connectivity index is 2.47. The van der Waals surface area contributed by atoms with Crippen molar-refractivity contribution in [2.24, 2.45) is 0 Å². The summed E-state index contributed by atoms with van der Waals surface area (Å²) in [5, 5.41) is 12.4. The van der Waals surface area contributed by atoms with Gasteiger partial charge in [-0.2, -0.15) is 5.26 Å². The van der Waals surface area contributed by atoms with Crippen molar-refractivity contribution in [1.82, 2.24) is 9.97 Å². The highest BCUT2D eigenvalue weighted by Gasteiger charge is 2.09. The maximum atomic E-state index is 9.19. The zero-order valence-corrected chi connectivity index (χ0v) is 10.7. The first-order valence-electron chi connectivity index (χ1n) is 5.68.